The van der Waals surface area contributed by atoms with Gasteiger partial charge in [0.1, 0.15) is 5.82 Å². The summed E-state index contributed by atoms with van der Waals surface area (Å²) >= 11 is 0. The monoisotopic (exact) mass is 297 g/mol. The van der Waals surface area contributed by atoms with Crippen LogP contribution < -0.4 is 5.32 Å². The lowest BCUT2D eigenvalue weighted by molar-refractivity contribution is -0.00914. The van der Waals surface area contributed by atoms with Crippen molar-refractivity contribution in [3.05, 3.63) is 35.6 Å². The van der Waals surface area contributed by atoms with Crippen molar-refractivity contribution in [2.24, 2.45) is 5.92 Å². The minimum Gasteiger partial charge on any atom is -0.389 e. The summed E-state index contributed by atoms with van der Waals surface area (Å²) in [7, 11) is 0. The molecule has 1 rings (SSSR count). The maximum absolute atomic E-state index is 12.9. The first-order valence-electron chi connectivity index (χ1n) is 7.67. The SMILES string of the molecule is CC(C)CC(C)OCC(O)CNC(C)c1ccc(F)cc1. The second kappa shape index (κ2) is 9.13. The van der Waals surface area contributed by atoms with Crippen molar-refractivity contribution in [3.8, 4) is 0 Å². The molecule has 2 N–H and O–H groups in total. The van der Waals surface area contributed by atoms with Gasteiger partial charge in [-0.2, -0.15) is 0 Å². The standard InChI is InChI=1S/C17H28FNO2/c1-12(2)9-13(3)21-11-17(20)10-19-14(4)15-5-7-16(18)8-6-15/h5-8,12-14,17,19-20H,9-11H2,1-4H3. The van der Waals surface area contributed by atoms with Crippen molar-refractivity contribution in [2.45, 2.75) is 52.4 Å². The zero-order valence-corrected chi connectivity index (χ0v) is 13.5. The molecule has 0 bridgehead atoms. The number of halogens is 1. The maximum atomic E-state index is 12.9. The first-order chi connectivity index (χ1) is 9.88. The second-order valence-corrected chi connectivity index (χ2v) is 6.11. The molecular formula is C17H28FNO2. The van der Waals surface area contributed by atoms with Crippen LogP contribution in [0.15, 0.2) is 24.3 Å². The lowest BCUT2D eigenvalue weighted by Gasteiger charge is -2.20. The molecular weight excluding hydrogens is 269 g/mol. The van der Waals surface area contributed by atoms with E-state index in [9.17, 15) is 9.50 Å². The van der Waals surface area contributed by atoms with E-state index in [2.05, 4.69) is 19.2 Å². The highest BCUT2D eigenvalue weighted by molar-refractivity contribution is 5.19. The fraction of sp³-hybridized carbons (Fsp3) is 0.647. The van der Waals surface area contributed by atoms with Gasteiger partial charge in [0.05, 0.1) is 18.8 Å². The van der Waals surface area contributed by atoms with Crippen LogP contribution in [-0.4, -0.2) is 30.5 Å². The van der Waals surface area contributed by atoms with E-state index in [0.717, 1.165) is 12.0 Å². The lowest BCUT2D eigenvalue weighted by Crippen LogP contribution is -2.33. The van der Waals surface area contributed by atoms with Crippen molar-refractivity contribution >= 4 is 0 Å². The summed E-state index contributed by atoms with van der Waals surface area (Å²) in [5, 5.41) is 13.2. The molecule has 0 aliphatic heterocycles. The van der Waals surface area contributed by atoms with Crippen LogP contribution in [0, 0.1) is 11.7 Å². The van der Waals surface area contributed by atoms with E-state index in [1.54, 1.807) is 12.1 Å². The van der Waals surface area contributed by atoms with Gasteiger partial charge in [0.25, 0.3) is 0 Å². The normalized spacial score (nSPS) is 16.0. The van der Waals surface area contributed by atoms with Crippen LogP contribution in [0.2, 0.25) is 0 Å². The van der Waals surface area contributed by atoms with Crippen LogP contribution in [0.4, 0.5) is 4.39 Å². The quantitative estimate of drug-likeness (QED) is 0.735. The molecule has 120 valence electrons. The van der Waals surface area contributed by atoms with E-state index in [4.69, 9.17) is 4.74 Å². The predicted octanol–water partition coefficient (Wildman–Crippen LogP) is 3.29. The molecule has 0 aliphatic rings. The summed E-state index contributed by atoms with van der Waals surface area (Å²) in [5.41, 5.74) is 0.998. The van der Waals surface area contributed by atoms with Crippen molar-refractivity contribution < 1.29 is 14.2 Å². The highest BCUT2D eigenvalue weighted by atomic mass is 19.1. The Balaban J connectivity index is 2.26. The Bertz CT molecular complexity index is 394. The molecule has 1 aromatic rings. The van der Waals surface area contributed by atoms with E-state index in [1.165, 1.54) is 12.1 Å². The van der Waals surface area contributed by atoms with Crippen LogP contribution in [0.3, 0.4) is 0 Å². The first-order valence-corrected chi connectivity index (χ1v) is 7.67. The average Bonchev–Trinajstić information content (AvgIpc) is 2.42. The molecule has 3 nitrogen and oxygen atoms in total. The van der Waals surface area contributed by atoms with Gasteiger partial charge in [-0.15, -0.1) is 0 Å². The average molecular weight is 297 g/mol. The summed E-state index contributed by atoms with van der Waals surface area (Å²) in [6.45, 7) is 9.11. The van der Waals surface area contributed by atoms with Gasteiger partial charge >= 0.3 is 0 Å². The van der Waals surface area contributed by atoms with Gasteiger partial charge in [-0.25, -0.2) is 4.39 Å². The molecule has 0 aromatic heterocycles. The first kappa shape index (κ1) is 18.1. The molecule has 3 atom stereocenters. The summed E-state index contributed by atoms with van der Waals surface area (Å²) in [5.74, 6) is 0.354. The number of hydrogen-bond acceptors (Lipinski definition) is 3. The summed E-state index contributed by atoms with van der Waals surface area (Å²) in [6, 6.07) is 6.45. The maximum Gasteiger partial charge on any atom is 0.123 e. The van der Waals surface area contributed by atoms with Crippen LogP contribution >= 0.6 is 0 Å². The van der Waals surface area contributed by atoms with Crippen LogP contribution in [0.25, 0.3) is 0 Å². The predicted molar refractivity (Wildman–Crippen MR) is 83.7 cm³/mol. The largest absolute Gasteiger partial charge is 0.389 e. The van der Waals surface area contributed by atoms with E-state index >= 15 is 0 Å². The van der Waals surface area contributed by atoms with E-state index in [0.29, 0.717) is 19.1 Å². The van der Waals surface area contributed by atoms with Gasteiger partial charge in [-0.3, -0.25) is 0 Å². The number of rotatable bonds is 9. The topological polar surface area (TPSA) is 41.5 Å². The minimum absolute atomic E-state index is 0.0633. The highest BCUT2D eigenvalue weighted by Gasteiger charge is 2.11. The second-order valence-electron chi connectivity index (χ2n) is 6.11. The van der Waals surface area contributed by atoms with E-state index < -0.39 is 6.10 Å². The molecule has 4 heteroatoms. The number of aliphatic hydroxyl groups excluding tert-OH is 1. The zero-order valence-electron chi connectivity index (χ0n) is 13.5. The van der Waals surface area contributed by atoms with Gasteiger partial charge in [0.15, 0.2) is 0 Å². The molecule has 0 amide bonds. The van der Waals surface area contributed by atoms with Gasteiger partial charge < -0.3 is 15.2 Å². The summed E-state index contributed by atoms with van der Waals surface area (Å²) in [4.78, 5) is 0. The molecule has 3 unspecified atom stereocenters. The summed E-state index contributed by atoms with van der Waals surface area (Å²) in [6.07, 6.45) is 0.614. The lowest BCUT2D eigenvalue weighted by atomic mass is 10.1. The number of aliphatic hydroxyl groups is 1. The third kappa shape index (κ3) is 7.55. The van der Waals surface area contributed by atoms with Crippen LogP contribution in [-0.2, 0) is 4.74 Å². The number of nitrogens with one attached hydrogen (secondary N) is 1. The molecule has 0 fully saturated rings. The highest BCUT2D eigenvalue weighted by Crippen LogP contribution is 2.13. The molecule has 0 saturated heterocycles. The number of hydrogen-bond donors (Lipinski definition) is 2. The Kier molecular flexibility index (Phi) is 7.86. The molecule has 0 radical (unpaired) electrons. The van der Waals surface area contributed by atoms with Crippen molar-refractivity contribution in [1.29, 1.82) is 0 Å². The third-order valence-electron chi connectivity index (χ3n) is 3.41. The fourth-order valence-corrected chi connectivity index (χ4v) is 2.25. The van der Waals surface area contributed by atoms with Gasteiger partial charge in [-0.05, 0) is 43.9 Å². The van der Waals surface area contributed by atoms with Gasteiger partial charge in [-0.1, -0.05) is 26.0 Å². The Hall–Kier alpha value is -0.970. The Morgan fingerprint density at radius 2 is 1.76 bits per heavy atom. The molecule has 0 saturated carbocycles. The van der Waals surface area contributed by atoms with E-state index in [-0.39, 0.29) is 18.0 Å². The molecule has 21 heavy (non-hydrogen) atoms. The molecule has 1 aromatic carbocycles. The Morgan fingerprint density at radius 1 is 1.14 bits per heavy atom. The fourth-order valence-electron chi connectivity index (χ4n) is 2.25. The van der Waals surface area contributed by atoms with Gasteiger partial charge in [0, 0.05) is 12.6 Å². The minimum atomic E-state index is -0.539. The van der Waals surface area contributed by atoms with Crippen LogP contribution in [0.1, 0.15) is 45.7 Å². The van der Waals surface area contributed by atoms with Crippen molar-refractivity contribution in [2.75, 3.05) is 13.2 Å². The number of benzene rings is 1. The number of ether oxygens (including phenoxy) is 1. The van der Waals surface area contributed by atoms with Gasteiger partial charge in [0.2, 0.25) is 0 Å². The molecule has 0 spiro atoms. The van der Waals surface area contributed by atoms with Crippen LogP contribution in [0.5, 0.6) is 0 Å². The molecule has 0 aliphatic carbocycles. The van der Waals surface area contributed by atoms with Crippen molar-refractivity contribution in [3.63, 3.8) is 0 Å². The zero-order chi connectivity index (χ0) is 15.8. The smallest absolute Gasteiger partial charge is 0.123 e. The third-order valence-corrected chi connectivity index (χ3v) is 3.41. The van der Waals surface area contributed by atoms with Crippen molar-refractivity contribution in [1.82, 2.24) is 5.32 Å². The molecule has 0 heterocycles. The Labute approximate surface area is 127 Å². The van der Waals surface area contributed by atoms with E-state index in [1.807, 2.05) is 13.8 Å². The summed E-state index contributed by atoms with van der Waals surface area (Å²) < 4.78 is 18.5. The Morgan fingerprint density at radius 3 is 2.33 bits per heavy atom.